The van der Waals surface area contributed by atoms with Crippen LogP contribution in [0.2, 0.25) is 5.15 Å². The molecule has 0 N–H and O–H groups in total. The topological polar surface area (TPSA) is 44.2 Å². The first kappa shape index (κ1) is 9.22. The van der Waals surface area contributed by atoms with Crippen molar-refractivity contribution < 1.29 is 9.47 Å². The molecule has 12 heavy (non-hydrogen) atoms. The van der Waals surface area contributed by atoms with Gasteiger partial charge in [0, 0.05) is 13.2 Å². The molecule has 1 aromatic heterocycles. The van der Waals surface area contributed by atoms with Gasteiger partial charge in [0.2, 0.25) is 5.88 Å². The summed E-state index contributed by atoms with van der Waals surface area (Å²) >= 11 is 5.60. The van der Waals surface area contributed by atoms with E-state index in [0.29, 0.717) is 24.2 Å². The Bertz CT molecular complexity index is 245. The second-order valence-electron chi connectivity index (χ2n) is 2.02. The maximum atomic E-state index is 5.60. The minimum atomic E-state index is 0.373. The van der Waals surface area contributed by atoms with E-state index in [2.05, 4.69) is 9.97 Å². The fourth-order valence-electron chi connectivity index (χ4n) is 0.626. The molecule has 66 valence electrons. The van der Waals surface area contributed by atoms with Crippen molar-refractivity contribution in [2.75, 3.05) is 20.3 Å². The van der Waals surface area contributed by atoms with Gasteiger partial charge in [-0.15, -0.1) is 0 Å². The van der Waals surface area contributed by atoms with Crippen LogP contribution in [-0.4, -0.2) is 30.3 Å². The lowest BCUT2D eigenvalue weighted by atomic mass is 10.6. The average Bonchev–Trinajstić information content (AvgIpc) is 2.05. The second kappa shape index (κ2) is 4.90. The van der Waals surface area contributed by atoms with Crippen LogP contribution in [0, 0.1) is 0 Å². The summed E-state index contributed by atoms with van der Waals surface area (Å²) in [5, 5.41) is 0.373. The van der Waals surface area contributed by atoms with Crippen molar-refractivity contribution in [2.45, 2.75) is 0 Å². The smallest absolute Gasteiger partial charge is 0.217 e. The minimum absolute atomic E-state index is 0.373. The van der Waals surface area contributed by atoms with Crippen LogP contribution >= 0.6 is 11.6 Å². The van der Waals surface area contributed by atoms with E-state index < -0.39 is 0 Å². The van der Waals surface area contributed by atoms with Crippen LogP contribution in [0.1, 0.15) is 0 Å². The van der Waals surface area contributed by atoms with Crippen LogP contribution in [0.25, 0.3) is 0 Å². The number of nitrogens with zero attached hydrogens (tertiary/aromatic N) is 2. The van der Waals surface area contributed by atoms with Crippen molar-refractivity contribution in [2.24, 2.45) is 0 Å². The highest BCUT2D eigenvalue weighted by Gasteiger charge is 1.95. The quantitative estimate of drug-likeness (QED) is 0.525. The molecule has 1 heterocycles. The summed E-state index contributed by atoms with van der Waals surface area (Å²) in [6.07, 6.45) is 1.35. The molecule has 5 heteroatoms. The van der Waals surface area contributed by atoms with Gasteiger partial charge in [-0.1, -0.05) is 11.6 Å². The van der Waals surface area contributed by atoms with Gasteiger partial charge in [0.15, 0.2) is 0 Å². The van der Waals surface area contributed by atoms with E-state index >= 15 is 0 Å². The third-order valence-electron chi connectivity index (χ3n) is 1.15. The number of ether oxygens (including phenoxy) is 2. The number of hydrogen-bond donors (Lipinski definition) is 0. The Kier molecular flexibility index (Phi) is 3.76. The highest BCUT2D eigenvalue weighted by molar-refractivity contribution is 6.29. The fourth-order valence-corrected chi connectivity index (χ4v) is 0.763. The van der Waals surface area contributed by atoms with Crippen molar-refractivity contribution in [1.82, 2.24) is 9.97 Å². The van der Waals surface area contributed by atoms with E-state index in [-0.39, 0.29) is 0 Å². The summed E-state index contributed by atoms with van der Waals surface area (Å²) in [5.74, 6) is 0.465. The Hall–Kier alpha value is -0.870. The minimum Gasteiger partial charge on any atom is -0.475 e. The number of rotatable bonds is 4. The van der Waals surface area contributed by atoms with Gasteiger partial charge in [0.1, 0.15) is 18.1 Å². The highest BCUT2D eigenvalue weighted by Crippen LogP contribution is 2.10. The lowest BCUT2D eigenvalue weighted by Crippen LogP contribution is -2.05. The summed E-state index contributed by atoms with van der Waals surface area (Å²) < 4.78 is 9.96. The van der Waals surface area contributed by atoms with Crippen LogP contribution in [0.5, 0.6) is 5.88 Å². The monoisotopic (exact) mass is 188 g/mol. The maximum Gasteiger partial charge on any atom is 0.217 e. The lowest BCUT2D eigenvalue weighted by Gasteiger charge is -2.02. The Labute approximate surface area is 75.5 Å². The number of halogens is 1. The summed E-state index contributed by atoms with van der Waals surface area (Å²) in [7, 11) is 1.61. The zero-order valence-corrected chi connectivity index (χ0v) is 7.41. The Morgan fingerprint density at radius 3 is 2.92 bits per heavy atom. The molecule has 0 atom stereocenters. The van der Waals surface area contributed by atoms with Gasteiger partial charge in [-0.25, -0.2) is 9.97 Å². The summed E-state index contributed by atoms with van der Waals surface area (Å²) in [6.45, 7) is 0.992. The van der Waals surface area contributed by atoms with E-state index in [1.807, 2.05) is 0 Å². The van der Waals surface area contributed by atoms with Crippen LogP contribution in [-0.2, 0) is 4.74 Å². The SMILES string of the molecule is COCCOc1cc(Cl)ncn1. The van der Waals surface area contributed by atoms with Gasteiger partial charge in [0.25, 0.3) is 0 Å². The number of hydrogen-bond acceptors (Lipinski definition) is 4. The molecule has 0 aromatic carbocycles. The molecule has 0 saturated heterocycles. The first-order valence-electron chi connectivity index (χ1n) is 3.42. The third-order valence-corrected chi connectivity index (χ3v) is 1.35. The molecule has 0 fully saturated rings. The molecule has 4 nitrogen and oxygen atoms in total. The molecule has 0 aliphatic carbocycles. The largest absolute Gasteiger partial charge is 0.475 e. The standard InChI is InChI=1S/C7H9ClN2O2/c1-11-2-3-12-7-4-6(8)9-5-10-7/h4-5H,2-3H2,1H3. The van der Waals surface area contributed by atoms with Gasteiger partial charge in [-0.3, -0.25) is 0 Å². The Morgan fingerprint density at radius 1 is 1.42 bits per heavy atom. The van der Waals surface area contributed by atoms with E-state index in [0.717, 1.165) is 0 Å². The molecular formula is C7H9ClN2O2. The number of methoxy groups -OCH3 is 1. The molecule has 0 radical (unpaired) electrons. The molecule has 1 aromatic rings. The van der Waals surface area contributed by atoms with Crippen LogP contribution in [0.4, 0.5) is 0 Å². The van der Waals surface area contributed by atoms with Crippen LogP contribution in [0.3, 0.4) is 0 Å². The Morgan fingerprint density at radius 2 is 2.25 bits per heavy atom. The first-order valence-corrected chi connectivity index (χ1v) is 3.80. The van der Waals surface area contributed by atoms with E-state index in [1.54, 1.807) is 13.2 Å². The molecule has 0 aliphatic rings. The van der Waals surface area contributed by atoms with E-state index in [9.17, 15) is 0 Å². The van der Waals surface area contributed by atoms with Gasteiger partial charge < -0.3 is 9.47 Å². The predicted octanol–water partition coefficient (Wildman–Crippen LogP) is 1.16. The van der Waals surface area contributed by atoms with Gasteiger partial charge in [0.05, 0.1) is 6.61 Å². The fraction of sp³-hybridized carbons (Fsp3) is 0.429. The molecular weight excluding hydrogens is 180 g/mol. The highest BCUT2D eigenvalue weighted by atomic mass is 35.5. The molecule has 0 bridgehead atoms. The van der Waals surface area contributed by atoms with Crippen molar-refractivity contribution in [3.05, 3.63) is 17.5 Å². The van der Waals surface area contributed by atoms with Crippen molar-refractivity contribution in [3.8, 4) is 5.88 Å². The molecule has 0 unspecified atom stereocenters. The third kappa shape index (κ3) is 3.02. The molecule has 0 aliphatic heterocycles. The molecule has 1 rings (SSSR count). The molecule has 0 amide bonds. The van der Waals surface area contributed by atoms with Gasteiger partial charge in [-0.2, -0.15) is 0 Å². The maximum absolute atomic E-state index is 5.60. The van der Waals surface area contributed by atoms with Gasteiger partial charge >= 0.3 is 0 Å². The first-order chi connectivity index (χ1) is 5.83. The van der Waals surface area contributed by atoms with E-state index in [4.69, 9.17) is 21.1 Å². The zero-order valence-electron chi connectivity index (χ0n) is 6.66. The van der Waals surface area contributed by atoms with Crippen molar-refractivity contribution in [1.29, 1.82) is 0 Å². The van der Waals surface area contributed by atoms with Gasteiger partial charge in [-0.05, 0) is 0 Å². The van der Waals surface area contributed by atoms with Crippen molar-refractivity contribution in [3.63, 3.8) is 0 Å². The van der Waals surface area contributed by atoms with Crippen LogP contribution < -0.4 is 4.74 Å². The van der Waals surface area contributed by atoms with Crippen LogP contribution in [0.15, 0.2) is 12.4 Å². The Balaban J connectivity index is 2.41. The van der Waals surface area contributed by atoms with Crippen molar-refractivity contribution >= 4 is 11.6 Å². The second-order valence-corrected chi connectivity index (χ2v) is 2.41. The van der Waals surface area contributed by atoms with E-state index in [1.165, 1.54) is 6.33 Å². The molecule has 0 spiro atoms. The summed E-state index contributed by atoms with van der Waals surface area (Å²) in [4.78, 5) is 7.55. The lowest BCUT2D eigenvalue weighted by molar-refractivity contribution is 0.143. The predicted molar refractivity (Wildman–Crippen MR) is 44.4 cm³/mol. The molecule has 0 saturated carbocycles. The average molecular weight is 189 g/mol. The normalized spacial score (nSPS) is 9.83. The zero-order chi connectivity index (χ0) is 8.81. The summed E-state index contributed by atoms with van der Waals surface area (Å²) in [5.41, 5.74) is 0. The summed E-state index contributed by atoms with van der Waals surface area (Å²) in [6, 6.07) is 1.55. The number of aromatic nitrogens is 2.